The van der Waals surface area contributed by atoms with Gasteiger partial charge in [0.1, 0.15) is 0 Å². The molecule has 3 nitrogen and oxygen atoms in total. The summed E-state index contributed by atoms with van der Waals surface area (Å²) in [5.41, 5.74) is 0. The van der Waals surface area contributed by atoms with E-state index in [1.54, 1.807) is 7.11 Å². The number of ether oxygens (including phenoxy) is 3. The Balaban J connectivity index is 2.73. The molecule has 0 aliphatic rings. The first-order valence-electron chi connectivity index (χ1n) is 4.35. The van der Waals surface area contributed by atoms with Crippen LogP contribution in [0, 0.1) is 6.92 Å². The van der Waals surface area contributed by atoms with Gasteiger partial charge in [-0.25, -0.2) is 0 Å². The lowest BCUT2D eigenvalue weighted by atomic mass is 10.4. The normalized spacial score (nSPS) is 10.5. The molecule has 1 radical (unpaired) electrons. The highest BCUT2D eigenvalue weighted by Crippen LogP contribution is 1.87. The van der Waals surface area contributed by atoms with Gasteiger partial charge in [-0.05, 0) is 6.42 Å². The largest absolute Gasteiger partial charge is 0.382 e. The number of hydrogen-bond acceptors (Lipinski definition) is 3. The Kier molecular flexibility index (Phi) is 10.8. The molecule has 0 heterocycles. The second kappa shape index (κ2) is 10.9. The topological polar surface area (TPSA) is 27.7 Å². The van der Waals surface area contributed by atoms with E-state index in [4.69, 9.17) is 14.2 Å². The molecule has 12 heavy (non-hydrogen) atoms. The predicted octanol–water partition coefficient (Wildman–Crippen LogP) is 1.28. The standard InChI is InChI=1S/C9H19O3/c1-3-4-5-11-8-9-12-7-6-10-2/h1,3-9H2,2H3. The smallest absolute Gasteiger partial charge is 0.0701 e. The molecule has 0 fully saturated rings. The minimum absolute atomic E-state index is 0.648. The van der Waals surface area contributed by atoms with E-state index in [0.717, 1.165) is 19.4 Å². The van der Waals surface area contributed by atoms with Crippen LogP contribution in [0.25, 0.3) is 0 Å². The molecule has 0 aromatic carbocycles. The fraction of sp³-hybridized carbons (Fsp3) is 0.889. The lowest BCUT2D eigenvalue weighted by molar-refractivity contribution is 0.0244. The van der Waals surface area contributed by atoms with E-state index in [0.29, 0.717) is 26.4 Å². The van der Waals surface area contributed by atoms with Crippen molar-refractivity contribution in [3.05, 3.63) is 6.92 Å². The molecular weight excluding hydrogens is 156 g/mol. The quantitative estimate of drug-likeness (QED) is 0.494. The second-order valence-corrected chi connectivity index (χ2v) is 2.42. The van der Waals surface area contributed by atoms with Crippen LogP contribution in [-0.4, -0.2) is 40.1 Å². The van der Waals surface area contributed by atoms with Gasteiger partial charge in [0.2, 0.25) is 0 Å². The minimum Gasteiger partial charge on any atom is -0.382 e. The van der Waals surface area contributed by atoms with Gasteiger partial charge in [-0.3, -0.25) is 0 Å². The van der Waals surface area contributed by atoms with Crippen molar-refractivity contribution in [1.29, 1.82) is 0 Å². The Morgan fingerprint density at radius 2 is 1.50 bits per heavy atom. The van der Waals surface area contributed by atoms with Gasteiger partial charge in [0.05, 0.1) is 26.4 Å². The molecule has 3 heteroatoms. The summed E-state index contributed by atoms with van der Waals surface area (Å²) in [6.07, 6.45) is 1.96. The Morgan fingerprint density at radius 1 is 0.917 bits per heavy atom. The van der Waals surface area contributed by atoms with E-state index >= 15 is 0 Å². The number of methoxy groups -OCH3 is 1. The zero-order valence-corrected chi connectivity index (χ0v) is 7.88. The molecule has 73 valence electrons. The van der Waals surface area contributed by atoms with E-state index in [1.165, 1.54) is 0 Å². The van der Waals surface area contributed by atoms with Gasteiger partial charge in [-0.2, -0.15) is 0 Å². The van der Waals surface area contributed by atoms with Crippen LogP contribution in [-0.2, 0) is 14.2 Å². The molecule has 0 saturated heterocycles. The van der Waals surface area contributed by atoms with Gasteiger partial charge >= 0.3 is 0 Å². The maximum absolute atomic E-state index is 5.25. The van der Waals surface area contributed by atoms with Crippen LogP contribution in [0.5, 0.6) is 0 Å². The van der Waals surface area contributed by atoms with Crippen LogP contribution in [0.3, 0.4) is 0 Å². The summed E-state index contributed by atoms with van der Waals surface area (Å²) in [7, 11) is 1.66. The fourth-order valence-electron chi connectivity index (χ4n) is 0.668. The summed E-state index contributed by atoms with van der Waals surface area (Å²) in [4.78, 5) is 0. The third-order valence-electron chi connectivity index (χ3n) is 1.34. The molecule has 0 aliphatic carbocycles. The molecule has 0 N–H and O–H groups in total. The molecule has 0 rings (SSSR count). The minimum atomic E-state index is 0.648. The van der Waals surface area contributed by atoms with Crippen molar-refractivity contribution < 1.29 is 14.2 Å². The fourth-order valence-corrected chi connectivity index (χ4v) is 0.668. The zero-order valence-electron chi connectivity index (χ0n) is 7.88. The van der Waals surface area contributed by atoms with Gasteiger partial charge < -0.3 is 14.2 Å². The van der Waals surface area contributed by atoms with Crippen LogP contribution in [0.15, 0.2) is 0 Å². The third kappa shape index (κ3) is 9.88. The van der Waals surface area contributed by atoms with Crippen LogP contribution in [0.4, 0.5) is 0 Å². The lowest BCUT2D eigenvalue weighted by Crippen LogP contribution is -2.08. The van der Waals surface area contributed by atoms with Crippen molar-refractivity contribution in [3.8, 4) is 0 Å². The lowest BCUT2D eigenvalue weighted by Gasteiger charge is -2.04. The average Bonchev–Trinajstić information content (AvgIpc) is 2.10. The van der Waals surface area contributed by atoms with Crippen molar-refractivity contribution in [2.75, 3.05) is 40.1 Å². The molecule has 0 aromatic rings. The van der Waals surface area contributed by atoms with E-state index in [9.17, 15) is 0 Å². The van der Waals surface area contributed by atoms with Crippen molar-refractivity contribution in [3.63, 3.8) is 0 Å². The summed E-state index contributed by atoms with van der Waals surface area (Å²) < 4.78 is 15.2. The Hall–Kier alpha value is -0.120. The zero-order chi connectivity index (χ0) is 9.07. The average molecular weight is 175 g/mol. The molecule has 0 atom stereocenters. The van der Waals surface area contributed by atoms with E-state index in [1.807, 2.05) is 0 Å². The molecule has 0 saturated carbocycles. The first-order chi connectivity index (χ1) is 5.91. The summed E-state index contributed by atoms with van der Waals surface area (Å²) in [5.74, 6) is 0. The maximum atomic E-state index is 5.25. The van der Waals surface area contributed by atoms with Crippen LogP contribution >= 0.6 is 0 Å². The number of unbranched alkanes of at least 4 members (excludes halogenated alkanes) is 1. The number of hydrogen-bond donors (Lipinski definition) is 0. The predicted molar refractivity (Wildman–Crippen MR) is 48.1 cm³/mol. The Labute approximate surface area is 75.0 Å². The van der Waals surface area contributed by atoms with E-state index in [2.05, 4.69) is 6.92 Å². The Bertz CT molecular complexity index is 66.2. The molecule has 0 aliphatic heterocycles. The van der Waals surface area contributed by atoms with Gasteiger partial charge in [0, 0.05) is 13.7 Å². The second-order valence-electron chi connectivity index (χ2n) is 2.42. The van der Waals surface area contributed by atoms with Crippen molar-refractivity contribution >= 4 is 0 Å². The first-order valence-corrected chi connectivity index (χ1v) is 4.35. The number of rotatable bonds is 9. The highest BCUT2D eigenvalue weighted by molar-refractivity contribution is 4.39. The molecule has 0 unspecified atom stereocenters. The van der Waals surface area contributed by atoms with Crippen molar-refractivity contribution in [2.24, 2.45) is 0 Å². The highest BCUT2D eigenvalue weighted by Gasteiger charge is 1.88. The van der Waals surface area contributed by atoms with Gasteiger partial charge in [0.25, 0.3) is 0 Å². The van der Waals surface area contributed by atoms with Gasteiger partial charge in [0.15, 0.2) is 0 Å². The maximum Gasteiger partial charge on any atom is 0.0701 e. The summed E-state index contributed by atoms with van der Waals surface area (Å²) in [6, 6.07) is 0. The van der Waals surface area contributed by atoms with Crippen LogP contribution in [0.1, 0.15) is 12.8 Å². The molecule has 0 bridgehead atoms. The molecule has 0 aromatic heterocycles. The summed E-state index contributed by atoms with van der Waals surface area (Å²) in [5, 5.41) is 0. The molecular formula is C9H19O3. The first kappa shape index (κ1) is 11.9. The Morgan fingerprint density at radius 3 is 2.08 bits per heavy atom. The SMILES string of the molecule is [CH2]CCCOCCOCCOC. The van der Waals surface area contributed by atoms with E-state index < -0.39 is 0 Å². The van der Waals surface area contributed by atoms with Crippen molar-refractivity contribution in [1.82, 2.24) is 0 Å². The van der Waals surface area contributed by atoms with Gasteiger partial charge in [-0.15, -0.1) is 0 Å². The van der Waals surface area contributed by atoms with Crippen LogP contribution < -0.4 is 0 Å². The molecule has 0 spiro atoms. The summed E-state index contributed by atoms with van der Waals surface area (Å²) >= 11 is 0. The highest BCUT2D eigenvalue weighted by atomic mass is 16.5. The van der Waals surface area contributed by atoms with E-state index in [-0.39, 0.29) is 0 Å². The summed E-state index contributed by atoms with van der Waals surface area (Å²) in [6.45, 7) is 7.13. The third-order valence-corrected chi connectivity index (χ3v) is 1.34. The monoisotopic (exact) mass is 175 g/mol. The van der Waals surface area contributed by atoms with Crippen molar-refractivity contribution in [2.45, 2.75) is 12.8 Å². The van der Waals surface area contributed by atoms with Gasteiger partial charge in [-0.1, -0.05) is 13.3 Å². The van der Waals surface area contributed by atoms with Crippen LogP contribution in [0.2, 0.25) is 0 Å². The molecule has 0 amide bonds.